The molecule has 5 heteroatoms. The molecule has 2 atom stereocenters. The minimum atomic E-state index is 0.214. The van der Waals surface area contributed by atoms with Gasteiger partial charge in [-0.2, -0.15) is 0 Å². The molecule has 1 aliphatic rings. The lowest BCUT2D eigenvalue weighted by Gasteiger charge is -2.17. The Balaban J connectivity index is 1.59. The molecule has 0 amide bonds. The van der Waals surface area contributed by atoms with Crippen LogP contribution in [0, 0.1) is 0 Å². The van der Waals surface area contributed by atoms with Crippen molar-refractivity contribution in [2.24, 2.45) is 0 Å². The van der Waals surface area contributed by atoms with Gasteiger partial charge in [-0.15, -0.1) is 0 Å². The third-order valence-electron chi connectivity index (χ3n) is 3.52. The molecule has 2 heterocycles. The third kappa shape index (κ3) is 3.93. The highest BCUT2D eigenvalue weighted by Crippen LogP contribution is 2.20. The first-order valence-electron chi connectivity index (χ1n) is 7.23. The van der Waals surface area contributed by atoms with Crippen molar-refractivity contribution in [3.05, 3.63) is 34.8 Å². The maximum atomic E-state index is 5.82. The van der Waals surface area contributed by atoms with Crippen molar-refractivity contribution in [1.29, 1.82) is 0 Å². The van der Waals surface area contributed by atoms with Crippen LogP contribution in [0.15, 0.2) is 34.8 Å². The van der Waals surface area contributed by atoms with E-state index in [2.05, 4.69) is 45.3 Å². The summed E-state index contributed by atoms with van der Waals surface area (Å²) < 4.78 is 12.2. The minimum Gasteiger partial charge on any atom is -0.379 e. The van der Waals surface area contributed by atoms with Gasteiger partial charge in [0.05, 0.1) is 24.8 Å². The second kappa shape index (κ2) is 6.73. The summed E-state index contributed by atoms with van der Waals surface area (Å²) in [6.07, 6.45) is 1.24. The Morgan fingerprint density at radius 2 is 2.33 bits per heavy atom. The Kier molecular flexibility index (Phi) is 4.73. The number of anilines is 1. The highest BCUT2D eigenvalue weighted by atomic mass is 79.9. The average Bonchev–Trinajstić information content (AvgIpc) is 2.99. The van der Waals surface area contributed by atoms with Crippen molar-refractivity contribution in [1.82, 2.24) is 4.98 Å². The van der Waals surface area contributed by atoms with E-state index in [-0.39, 0.29) is 12.1 Å². The largest absolute Gasteiger partial charge is 0.379 e. The lowest BCUT2D eigenvalue weighted by Crippen LogP contribution is -2.26. The Hall–Kier alpha value is -1.17. The van der Waals surface area contributed by atoms with Gasteiger partial charge in [0.2, 0.25) is 0 Å². The SMILES string of the molecule is CC(COC1CCOC1)Nc1ccc2cc(Br)ccc2n1. The standard InChI is InChI=1S/C16H19BrN2O2/c1-11(9-21-14-6-7-20-10-14)18-16-5-2-12-8-13(17)3-4-15(12)19-16/h2-5,8,11,14H,6-7,9-10H2,1H3,(H,18,19). The fourth-order valence-electron chi connectivity index (χ4n) is 2.40. The molecule has 1 aromatic carbocycles. The lowest BCUT2D eigenvalue weighted by molar-refractivity contribution is 0.0395. The molecule has 1 aliphatic heterocycles. The summed E-state index contributed by atoms with van der Waals surface area (Å²) >= 11 is 3.47. The zero-order chi connectivity index (χ0) is 14.7. The number of aromatic nitrogens is 1. The summed E-state index contributed by atoms with van der Waals surface area (Å²) in [5.41, 5.74) is 0.987. The van der Waals surface area contributed by atoms with Crippen molar-refractivity contribution in [2.45, 2.75) is 25.5 Å². The minimum absolute atomic E-state index is 0.214. The predicted molar refractivity (Wildman–Crippen MR) is 87.7 cm³/mol. The quantitative estimate of drug-likeness (QED) is 0.894. The van der Waals surface area contributed by atoms with Gasteiger partial charge < -0.3 is 14.8 Å². The van der Waals surface area contributed by atoms with Crippen molar-refractivity contribution in [2.75, 3.05) is 25.1 Å². The molecule has 0 aliphatic carbocycles. The van der Waals surface area contributed by atoms with Crippen molar-refractivity contribution in [3.63, 3.8) is 0 Å². The fourth-order valence-corrected chi connectivity index (χ4v) is 2.77. The van der Waals surface area contributed by atoms with Crippen LogP contribution < -0.4 is 5.32 Å². The number of halogens is 1. The van der Waals surface area contributed by atoms with Crippen LogP contribution in [0.25, 0.3) is 10.9 Å². The maximum Gasteiger partial charge on any atom is 0.126 e. The first kappa shape index (κ1) is 14.8. The molecule has 0 radical (unpaired) electrons. The summed E-state index contributed by atoms with van der Waals surface area (Å²) in [6.45, 7) is 4.29. The number of fused-ring (bicyclic) bond motifs is 1. The van der Waals surface area contributed by atoms with E-state index >= 15 is 0 Å². The summed E-state index contributed by atoms with van der Waals surface area (Å²) in [7, 11) is 0. The van der Waals surface area contributed by atoms with Crippen LogP contribution in [0.3, 0.4) is 0 Å². The second-order valence-corrected chi connectivity index (χ2v) is 6.31. The highest BCUT2D eigenvalue weighted by Gasteiger charge is 2.17. The van der Waals surface area contributed by atoms with Crippen LogP contribution >= 0.6 is 15.9 Å². The van der Waals surface area contributed by atoms with Gasteiger partial charge in [0.1, 0.15) is 5.82 Å². The fraction of sp³-hybridized carbons (Fsp3) is 0.438. The van der Waals surface area contributed by atoms with Gasteiger partial charge in [0, 0.05) is 22.5 Å². The second-order valence-electron chi connectivity index (χ2n) is 5.40. The van der Waals surface area contributed by atoms with Crippen LogP contribution in [0.4, 0.5) is 5.82 Å². The Morgan fingerprint density at radius 3 is 3.14 bits per heavy atom. The predicted octanol–water partition coefficient (Wildman–Crippen LogP) is 3.60. The number of hydrogen-bond donors (Lipinski definition) is 1. The van der Waals surface area contributed by atoms with Crippen molar-refractivity contribution in [3.8, 4) is 0 Å². The number of pyridine rings is 1. The Labute approximate surface area is 133 Å². The number of benzene rings is 1. The van der Waals surface area contributed by atoms with Crippen LogP contribution in [-0.4, -0.2) is 37.0 Å². The van der Waals surface area contributed by atoms with E-state index in [4.69, 9.17) is 9.47 Å². The molecule has 0 bridgehead atoms. The molecule has 112 valence electrons. The van der Waals surface area contributed by atoms with E-state index < -0.39 is 0 Å². The molecular weight excluding hydrogens is 332 g/mol. The van der Waals surface area contributed by atoms with Crippen LogP contribution in [0.2, 0.25) is 0 Å². The molecular formula is C16H19BrN2O2. The van der Waals surface area contributed by atoms with Crippen LogP contribution in [0.5, 0.6) is 0 Å². The summed E-state index contributed by atoms with van der Waals surface area (Å²) in [4.78, 5) is 4.62. The number of hydrogen-bond acceptors (Lipinski definition) is 4. The van der Waals surface area contributed by atoms with E-state index in [0.717, 1.165) is 40.8 Å². The van der Waals surface area contributed by atoms with E-state index in [0.29, 0.717) is 6.61 Å². The molecule has 1 saturated heterocycles. The average molecular weight is 351 g/mol. The first-order valence-corrected chi connectivity index (χ1v) is 8.02. The Bertz CT molecular complexity index is 614. The molecule has 0 spiro atoms. The van der Waals surface area contributed by atoms with Gasteiger partial charge >= 0.3 is 0 Å². The molecule has 1 N–H and O–H groups in total. The monoisotopic (exact) mass is 350 g/mol. The lowest BCUT2D eigenvalue weighted by atomic mass is 10.2. The number of nitrogens with one attached hydrogen (secondary N) is 1. The molecule has 3 rings (SSSR count). The van der Waals surface area contributed by atoms with E-state index in [1.54, 1.807) is 0 Å². The number of nitrogens with zero attached hydrogens (tertiary/aromatic N) is 1. The molecule has 1 fully saturated rings. The molecule has 0 saturated carbocycles. The summed E-state index contributed by atoms with van der Waals surface area (Å²) in [6, 6.07) is 10.4. The van der Waals surface area contributed by atoms with Gasteiger partial charge in [-0.05, 0) is 43.7 Å². The van der Waals surface area contributed by atoms with Gasteiger partial charge in [-0.25, -0.2) is 4.98 Å². The topological polar surface area (TPSA) is 43.4 Å². The zero-order valence-corrected chi connectivity index (χ0v) is 13.6. The maximum absolute atomic E-state index is 5.82. The van der Waals surface area contributed by atoms with Crippen LogP contribution in [-0.2, 0) is 9.47 Å². The highest BCUT2D eigenvalue weighted by molar-refractivity contribution is 9.10. The van der Waals surface area contributed by atoms with E-state index in [1.807, 2.05) is 18.2 Å². The van der Waals surface area contributed by atoms with E-state index in [1.165, 1.54) is 0 Å². The number of rotatable bonds is 5. The summed E-state index contributed by atoms with van der Waals surface area (Å²) in [5, 5.41) is 4.51. The molecule has 2 aromatic rings. The third-order valence-corrected chi connectivity index (χ3v) is 4.01. The van der Waals surface area contributed by atoms with Crippen molar-refractivity contribution >= 4 is 32.7 Å². The molecule has 1 aromatic heterocycles. The normalized spacial score (nSPS) is 19.8. The molecule has 2 unspecified atom stereocenters. The molecule has 21 heavy (non-hydrogen) atoms. The number of ether oxygens (including phenoxy) is 2. The molecule has 4 nitrogen and oxygen atoms in total. The van der Waals surface area contributed by atoms with Gasteiger partial charge in [0.25, 0.3) is 0 Å². The van der Waals surface area contributed by atoms with Crippen LogP contribution in [0.1, 0.15) is 13.3 Å². The first-order chi connectivity index (χ1) is 10.2. The zero-order valence-electron chi connectivity index (χ0n) is 12.0. The smallest absolute Gasteiger partial charge is 0.126 e. The van der Waals surface area contributed by atoms with Crippen molar-refractivity contribution < 1.29 is 9.47 Å². The van der Waals surface area contributed by atoms with E-state index in [9.17, 15) is 0 Å². The summed E-state index contributed by atoms with van der Waals surface area (Å²) in [5.74, 6) is 0.878. The van der Waals surface area contributed by atoms with Gasteiger partial charge in [-0.3, -0.25) is 0 Å². The van der Waals surface area contributed by atoms with Gasteiger partial charge in [0.15, 0.2) is 0 Å². The Morgan fingerprint density at radius 1 is 1.43 bits per heavy atom. The van der Waals surface area contributed by atoms with Gasteiger partial charge in [-0.1, -0.05) is 15.9 Å².